The second kappa shape index (κ2) is 7.45. The molecule has 2 rings (SSSR count). The third-order valence-corrected chi connectivity index (χ3v) is 3.76. The van der Waals surface area contributed by atoms with Gasteiger partial charge in [-0.3, -0.25) is 0 Å². The summed E-state index contributed by atoms with van der Waals surface area (Å²) in [7, 11) is 4.28. The minimum atomic E-state index is 0.706. The number of hydrogen-bond acceptors (Lipinski definition) is 2. The molecule has 0 atom stereocenters. The molecular formula is C15H25N4S+. The molecule has 1 fully saturated rings. The molecule has 5 heteroatoms. The zero-order valence-electron chi connectivity index (χ0n) is 12.4. The van der Waals surface area contributed by atoms with Gasteiger partial charge in [0.05, 0.1) is 38.6 Å². The fourth-order valence-electron chi connectivity index (χ4n) is 2.41. The molecule has 20 heavy (non-hydrogen) atoms. The Labute approximate surface area is 127 Å². The summed E-state index contributed by atoms with van der Waals surface area (Å²) in [6, 6.07) is 8.40. The largest absolute Gasteiger partial charge is 0.370 e. The number of quaternary nitrogens is 1. The molecule has 1 saturated heterocycles. The first kappa shape index (κ1) is 15.1. The fourth-order valence-corrected chi connectivity index (χ4v) is 2.62. The smallest absolute Gasteiger partial charge is 0.171 e. The SMILES string of the molecule is C[NH+](C)CCNC(=S)Nc1ccccc1N1CCCC1. The van der Waals surface area contributed by atoms with E-state index in [1.807, 2.05) is 0 Å². The number of rotatable bonds is 5. The second-order valence-corrected chi connectivity index (χ2v) is 5.96. The normalized spacial score (nSPS) is 14.7. The quantitative estimate of drug-likeness (QED) is 0.699. The first-order valence-corrected chi connectivity index (χ1v) is 7.75. The van der Waals surface area contributed by atoms with Crippen molar-refractivity contribution in [1.29, 1.82) is 0 Å². The van der Waals surface area contributed by atoms with Crippen LogP contribution in [-0.2, 0) is 0 Å². The summed E-state index contributed by atoms with van der Waals surface area (Å²) >= 11 is 5.37. The summed E-state index contributed by atoms with van der Waals surface area (Å²) in [5, 5.41) is 7.30. The minimum Gasteiger partial charge on any atom is -0.370 e. The Morgan fingerprint density at radius 1 is 1.25 bits per heavy atom. The summed E-state index contributed by atoms with van der Waals surface area (Å²) in [5.41, 5.74) is 2.36. The second-order valence-electron chi connectivity index (χ2n) is 5.55. The molecule has 0 amide bonds. The van der Waals surface area contributed by atoms with Gasteiger partial charge < -0.3 is 20.4 Å². The molecule has 0 radical (unpaired) electrons. The van der Waals surface area contributed by atoms with E-state index in [9.17, 15) is 0 Å². The maximum atomic E-state index is 5.37. The van der Waals surface area contributed by atoms with Gasteiger partial charge in [0, 0.05) is 13.1 Å². The van der Waals surface area contributed by atoms with E-state index in [1.54, 1.807) is 0 Å². The standard InChI is InChI=1S/C15H24N4S/c1-18(2)12-9-16-15(20)17-13-7-3-4-8-14(13)19-10-5-6-11-19/h3-4,7-8H,5-6,9-12H2,1-2H3,(H2,16,17,20)/p+1. The number of hydrogen-bond donors (Lipinski definition) is 3. The zero-order valence-corrected chi connectivity index (χ0v) is 13.2. The monoisotopic (exact) mass is 293 g/mol. The zero-order chi connectivity index (χ0) is 14.4. The summed E-state index contributed by atoms with van der Waals surface area (Å²) in [5.74, 6) is 0. The van der Waals surface area contributed by atoms with Crippen LogP contribution in [0.15, 0.2) is 24.3 Å². The molecule has 1 aliphatic heterocycles. The molecular weight excluding hydrogens is 268 g/mol. The van der Waals surface area contributed by atoms with Crippen molar-refractivity contribution < 1.29 is 4.90 Å². The molecule has 1 heterocycles. The number of benzene rings is 1. The van der Waals surface area contributed by atoms with E-state index in [4.69, 9.17) is 12.2 Å². The van der Waals surface area contributed by atoms with Gasteiger partial charge in [-0.15, -0.1) is 0 Å². The van der Waals surface area contributed by atoms with Crippen LogP contribution in [0.25, 0.3) is 0 Å². The van der Waals surface area contributed by atoms with E-state index in [-0.39, 0.29) is 0 Å². The van der Waals surface area contributed by atoms with Gasteiger partial charge in [0.15, 0.2) is 5.11 Å². The Balaban J connectivity index is 1.93. The van der Waals surface area contributed by atoms with E-state index < -0.39 is 0 Å². The van der Waals surface area contributed by atoms with Gasteiger partial charge in [-0.1, -0.05) is 12.1 Å². The lowest BCUT2D eigenvalue weighted by molar-refractivity contribution is -0.856. The molecule has 1 aliphatic rings. The van der Waals surface area contributed by atoms with Crippen molar-refractivity contribution in [3.05, 3.63) is 24.3 Å². The molecule has 110 valence electrons. The minimum absolute atomic E-state index is 0.706. The van der Waals surface area contributed by atoms with Gasteiger partial charge in [0.2, 0.25) is 0 Å². The van der Waals surface area contributed by atoms with Crippen LogP contribution in [0.3, 0.4) is 0 Å². The molecule has 0 aromatic heterocycles. The Morgan fingerprint density at radius 3 is 2.65 bits per heavy atom. The third kappa shape index (κ3) is 4.35. The first-order valence-electron chi connectivity index (χ1n) is 7.34. The van der Waals surface area contributed by atoms with Crippen molar-refractivity contribution in [2.45, 2.75) is 12.8 Å². The van der Waals surface area contributed by atoms with Gasteiger partial charge in [-0.2, -0.15) is 0 Å². The number of likely N-dealkylation sites (N-methyl/N-ethyl adjacent to an activating group) is 1. The molecule has 1 aromatic carbocycles. The molecule has 0 bridgehead atoms. The highest BCUT2D eigenvalue weighted by Gasteiger charge is 2.15. The van der Waals surface area contributed by atoms with Crippen LogP contribution in [0.1, 0.15) is 12.8 Å². The van der Waals surface area contributed by atoms with Gasteiger partial charge in [-0.25, -0.2) is 0 Å². The van der Waals surface area contributed by atoms with E-state index in [0.29, 0.717) is 5.11 Å². The van der Waals surface area contributed by atoms with Crippen molar-refractivity contribution in [3.8, 4) is 0 Å². The molecule has 0 saturated carbocycles. The van der Waals surface area contributed by atoms with Crippen LogP contribution in [0.5, 0.6) is 0 Å². The predicted octanol–water partition coefficient (Wildman–Crippen LogP) is 0.718. The van der Waals surface area contributed by atoms with Crippen LogP contribution < -0.4 is 20.4 Å². The number of anilines is 2. The Bertz CT molecular complexity index is 441. The van der Waals surface area contributed by atoms with Crippen molar-refractivity contribution in [3.63, 3.8) is 0 Å². The highest BCUT2D eigenvalue weighted by Crippen LogP contribution is 2.28. The molecule has 0 unspecified atom stereocenters. The van der Waals surface area contributed by atoms with Crippen LogP contribution in [-0.4, -0.2) is 45.4 Å². The highest BCUT2D eigenvalue weighted by molar-refractivity contribution is 7.80. The Morgan fingerprint density at radius 2 is 1.95 bits per heavy atom. The first-order chi connectivity index (χ1) is 9.66. The summed E-state index contributed by atoms with van der Waals surface area (Å²) in [6.07, 6.45) is 2.56. The van der Waals surface area contributed by atoms with Gasteiger partial charge in [-0.05, 0) is 37.2 Å². The van der Waals surface area contributed by atoms with Crippen LogP contribution in [0.4, 0.5) is 11.4 Å². The molecule has 0 aliphatic carbocycles. The lowest BCUT2D eigenvalue weighted by Gasteiger charge is -2.22. The Hall–Kier alpha value is -1.33. The van der Waals surface area contributed by atoms with Crippen LogP contribution in [0.2, 0.25) is 0 Å². The maximum absolute atomic E-state index is 5.37. The van der Waals surface area contributed by atoms with Crippen molar-refractivity contribution in [2.75, 3.05) is 50.5 Å². The van der Waals surface area contributed by atoms with Crippen molar-refractivity contribution >= 4 is 28.7 Å². The average Bonchev–Trinajstić information content (AvgIpc) is 2.92. The van der Waals surface area contributed by atoms with E-state index in [1.165, 1.54) is 23.4 Å². The van der Waals surface area contributed by atoms with Gasteiger partial charge >= 0.3 is 0 Å². The number of nitrogens with zero attached hydrogens (tertiary/aromatic N) is 1. The van der Waals surface area contributed by atoms with Crippen LogP contribution in [0, 0.1) is 0 Å². The summed E-state index contributed by atoms with van der Waals surface area (Å²) in [4.78, 5) is 3.84. The highest BCUT2D eigenvalue weighted by atomic mass is 32.1. The third-order valence-electron chi connectivity index (χ3n) is 3.51. The lowest BCUT2D eigenvalue weighted by atomic mass is 10.2. The molecule has 1 aromatic rings. The van der Waals surface area contributed by atoms with E-state index in [2.05, 4.69) is 53.9 Å². The Kier molecular flexibility index (Phi) is 5.61. The number of para-hydroxylation sites is 2. The summed E-state index contributed by atoms with van der Waals surface area (Å²) < 4.78 is 0. The molecule has 3 N–H and O–H groups in total. The molecule has 4 nitrogen and oxygen atoms in total. The predicted molar refractivity (Wildman–Crippen MR) is 89.8 cm³/mol. The van der Waals surface area contributed by atoms with Crippen molar-refractivity contribution in [2.24, 2.45) is 0 Å². The van der Waals surface area contributed by atoms with E-state index >= 15 is 0 Å². The maximum Gasteiger partial charge on any atom is 0.171 e. The lowest BCUT2D eigenvalue weighted by Crippen LogP contribution is -3.06. The fraction of sp³-hybridized carbons (Fsp3) is 0.533. The van der Waals surface area contributed by atoms with Crippen LogP contribution >= 0.6 is 12.2 Å². The van der Waals surface area contributed by atoms with Crippen molar-refractivity contribution in [1.82, 2.24) is 5.32 Å². The van der Waals surface area contributed by atoms with Gasteiger partial charge in [0.1, 0.15) is 0 Å². The van der Waals surface area contributed by atoms with E-state index in [0.717, 1.165) is 31.9 Å². The summed E-state index contributed by atoms with van der Waals surface area (Å²) in [6.45, 7) is 4.22. The average molecular weight is 293 g/mol. The topological polar surface area (TPSA) is 31.7 Å². The number of nitrogens with one attached hydrogen (secondary N) is 3. The molecule has 0 spiro atoms. The van der Waals surface area contributed by atoms with Gasteiger partial charge in [0.25, 0.3) is 0 Å². The number of thiocarbonyl (C=S) groups is 1.